The SMILES string of the molecule is CC(=O)C(N)CCC(=O)Nc1ccc(Oc2ccccc2)cc1. The number of carbonyl (C=O) groups excluding carboxylic acids is 2. The molecule has 0 saturated carbocycles. The highest BCUT2D eigenvalue weighted by atomic mass is 16.5. The zero-order chi connectivity index (χ0) is 16.7. The fourth-order valence-electron chi connectivity index (χ4n) is 1.94. The van der Waals surface area contributed by atoms with Gasteiger partial charge in [-0.15, -0.1) is 0 Å². The Bertz CT molecular complexity index is 654. The van der Waals surface area contributed by atoms with E-state index < -0.39 is 6.04 Å². The molecule has 0 aromatic heterocycles. The number of hydrogen-bond donors (Lipinski definition) is 2. The molecule has 1 unspecified atom stereocenters. The van der Waals surface area contributed by atoms with Crippen molar-refractivity contribution in [2.45, 2.75) is 25.8 Å². The molecule has 0 fully saturated rings. The van der Waals surface area contributed by atoms with Crippen LogP contribution in [0, 0.1) is 0 Å². The van der Waals surface area contributed by atoms with E-state index in [1.54, 1.807) is 24.3 Å². The smallest absolute Gasteiger partial charge is 0.224 e. The lowest BCUT2D eigenvalue weighted by atomic mass is 10.1. The molecule has 120 valence electrons. The third-order valence-corrected chi connectivity index (χ3v) is 3.32. The number of ether oxygens (including phenoxy) is 1. The number of rotatable bonds is 7. The molecule has 23 heavy (non-hydrogen) atoms. The van der Waals surface area contributed by atoms with E-state index in [1.165, 1.54) is 6.92 Å². The lowest BCUT2D eigenvalue weighted by Crippen LogP contribution is -2.29. The Morgan fingerprint density at radius 3 is 2.26 bits per heavy atom. The van der Waals surface area contributed by atoms with Crippen LogP contribution < -0.4 is 15.8 Å². The molecule has 0 aliphatic carbocycles. The van der Waals surface area contributed by atoms with Crippen molar-refractivity contribution in [3.05, 3.63) is 54.6 Å². The van der Waals surface area contributed by atoms with Gasteiger partial charge in [0.05, 0.1) is 6.04 Å². The zero-order valence-corrected chi connectivity index (χ0v) is 13.0. The van der Waals surface area contributed by atoms with Crippen LogP contribution in [-0.2, 0) is 9.59 Å². The van der Waals surface area contributed by atoms with E-state index in [1.807, 2.05) is 30.3 Å². The summed E-state index contributed by atoms with van der Waals surface area (Å²) < 4.78 is 5.68. The fraction of sp³-hybridized carbons (Fsp3) is 0.222. The molecule has 0 aliphatic heterocycles. The Morgan fingerprint density at radius 2 is 1.65 bits per heavy atom. The van der Waals surface area contributed by atoms with E-state index in [4.69, 9.17) is 10.5 Å². The Balaban J connectivity index is 1.85. The highest BCUT2D eigenvalue weighted by Crippen LogP contribution is 2.22. The molecule has 0 radical (unpaired) electrons. The summed E-state index contributed by atoms with van der Waals surface area (Å²) in [5.74, 6) is 1.16. The zero-order valence-electron chi connectivity index (χ0n) is 13.0. The van der Waals surface area contributed by atoms with E-state index >= 15 is 0 Å². The van der Waals surface area contributed by atoms with Gasteiger partial charge in [-0.25, -0.2) is 0 Å². The van der Waals surface area contributed by atoms with Gasteiger partial charge >= 0.3 is 0 Å². The minimum absolute atomic E-state index is 0.111. The van der Waals surface area contributed by atoms with Crippen molar-refractivity contribution < 1.29 is 14.3 Å². The maximum Gasteiger partial charge on any atom is 0.224 e. The molecule has 5 nitrogen and oxygen atoms in total. The normalized spacial score (nSPS) is 11.6. The second-order valence-corrected chi connectivity index (χ2v) is 5.24. The lowest BCUT2D eigenvalue weighted by Gasteiger charge is -2.09. The van der Waals surface area contributed by atoms with Crippen molar-refractivity contribution in [1.82, 2.24) is 0 Å². The van der Waals surface area contributed by atoms with Crippen molar-refractivity contribution in [1.29, 1.82) is 0 Å². The van der Waals surface area contributed by atoms with Crippen molar-refractivity contribution in [2.24, 2.45) is 5.73 Å². The average Bonchev–Trinajstić information content (AvgIpc) is 2.55. The molecular formula is C18H20N2O3. The number of nitrogens with two attached hydrogens (primary N) is 1. The average molecular weight is 312 g/mol. The molecule has 0 heterocycles. The van der Waals surface area contributed by atoms with Crippen LogP contribution >= 0.6 is 0 Å². The monoisotopic (exact) mass is 312 g/mol. The van der Waals surface area contributed by atoms with E-state index in [-0.39, 0.29) is 18.1 Å². The largest absolute Gasteiger partial charge is 0.457 e. The summed E-state index contributed by atoms with van der Waals surface area (Å²) in [6.07, 6.45) is 0.555. The Morgan fingerprint density at radius 1 is 1.04 bits per heavy atom. The number of hydrogen-bond acceptors (Lipinski definition) is 4. The van der Waals surface area contributed by atoms with E-state index in [0.29, 0.717) is 17.9 Å². The first-order valence-electron chi connectivity index (χ1n) is 7.43. The number of benzene rings is 2. The molecule has 3 N–H and O–H groups in total. The quantitative estimate of drug-likeness (QED) is 0.823. The van der Waals surface area contributed by atoms with Gasteiger partial charge < -0.3 is 15.8 Å². The van der Waals surface area contributed by atoms with Crippen LogP contribution in [0.1, 0.15) is 19.8 Å². The minimum atomic E-state index is -0.581. The van der Waals surface area contributed by atoms with Gasteiger partial charge in [0.25, 0.3) is 0 Å². The van der Waals surface area contributed by atoms with Crippen LogP contribution in [0.3, 0.4) is 0 Å². The number of para-hydroxylation sites is 1. The van der Waals surface area contributed by atoms with Crippen molar-refractivity contribution in [2.75, 3.05) is 5.32 Å². The first-order valence-corrected chi connectivity index (χ1v) is 7.43. The number of amides is 1. The van der Waals surface area contributed by atoms with E-state index in [9.17, 15) is 9.59 Å². The Kier molecular flexibility index (Phi) is 5.88. The molecule has 5 heteroatoms. The second-order valence-electron chi connectivity index (χ2n) is 5.24. The molecule has 0 bridgehead atoms. The summed E-state index contributed by atoms with van der Waals surface area (Å²) in [5, 5.41) is 2.77. The minimum Gasteiger partial charge on any atom is -0.457 e. The number of anilines is 1. The lowest BCUT2D eigenvalue weighted by molar-refractivity contribution is -0.119. The molecule has 0 spiro atoms. The summed E-state index contributed by atoms with van der Waals surface area (Å²) in [6.45, 7) is 1.42. The summed E-state index contributed by atoms with van der Waals surface area (Å²) in [7, 11) is 0. The van der Waals surface area contributed by atoms with Crippen LogP contribution in [0.2, 0.25) is 0 Å². The highest BCUT2D eigenvalue weighted by molar-refractivity contribution is 5.91. The van der Waals surface area contributed by atoms with Gasteiger partial charge in [-0.05, 0) is 49.7 Å². The topological polar surface area (TPSA) is 81.4 Å². The molecule has 2 aromatic rings. The second kappa shape index (κ2) is 8.10. The van der Waals surface area contributed by atoms with Crippen molar-refractivity contribution in [3.8, 4) is 11.5 Å². The van der Waals surface area contributed by atoms with Gasteiger partial charge in [0.1, 0.15) is 17.3 Å². The summed E-state index contributed by atoms with van der Waals surface area (Å²) >= 11 is 0. The number of ketones is 1. The van der Waals surface area contributed by atoms with E-state index in [2.05, 4.69) is 5.32 Å². The summed E-state index contributed by atoms with van der Waals surface area (Å²) in [6, 6.07) is 16.0. The summed E-state index contributed by atoms with van der Waals surface area (Å²) in [4.78, 5) is 22.8. The van der Waals surface area contributed by atoms with Crippen LogP contribution in [0.5, 0.6) is 11.5 Å². The molecule has 1 amide bonds. The molecular weight excluding hydrogens is 292 g/mol. The maximum absolute atomic E-state index is 11.8. The van der Waals surface area contributed by atoms with E-state index in [0.717, 1.165) is 5.75 Å². The predicted molar refractivity (Wildman–Crippen MR) is 89.5 cm³/mol. The maximum atomic E-state index is 11.8. The van der Waals surface area contributed by atoms with Crippen LogP contribution in [0.4, 0.5) is 5.69 Å². The van der Waals surface area contributed by atoms with Crippen LogP contribution in [0.25, 0.3) is 0 Å². The fourth-order valence-corrected chi connectivity index (χ4v) is 1.94. The van der Waals surface area contributed by atoms with Crippen molar-refractivity contribution >= 4 is 17.4 Å². The van der Waals surface area contributed by atoms with Crippen LogP contribution in [0.15, 0.2) is 54.6 Å². The third kappa shape index (κ3) is 5.56. The van der Waals surface area contributed by atoms with Gasteiger partial charge in [-0.1, -0.05) is 18.2 Å². The summed E-state index contributed by atoms with van der Waals surface area (Å²) in [5.41, 5.74) is 6.28. The Hall–Kier alpha value is -2.66. The number of nitrogens with one attached hydrogen (secondary N) is 1. The highest BCUT2D eigenvalue weighted by Gasteiger charge is 2.11. The third-order valence-electron chi connectivity index (χ3n) is 3.32. The predicted octanol–water partition coefficient (Wildman–Crippen LogP) is 3.11. The van der Waals surface area contributed by atoms with Crippen molar-refractivity contribution in [3.63, 3.8) is 0 Å². The van der Waals surface area contributed by atoms with Gasteiger partial charge in [0.2, 0.25) is 5.91 Å². The molecule has 1 atom stereocenters. The van der Waals surface area contributed by atoms with Crippen LogP contribution in [-0.4, -0.2) is 17.7 Å². The van der Waals surface area contributed by atoms with Gasteiger partial charge in [0, 0.05) is 12.1 Å². The molecule has 2 rings (SSSR count). The number of Topliss-reactive ketones (excluding diaryl/α,β-unsaturated/α-hetero) is 1. The van der Waals surface area contributed by atoms with Gasteiger partial charge in [0.15, 0.2) is 0 Å². The molecule has 0 saturated heterocycles. The molecule has 0 aliphatic rings. The Labute approximate surface area is 135 Å². The molecule has 2 aromatic carbocycles. The first-order chi connectivity index (χ1) is 11.0. The number of carbonyl (C=O) groups is 2. The van der Waals surface area contributed by atoms with Gasteiger partial charge in [-0.2, -0.15) is 0 Å². The first kappa shape index (κ1) is 16.7. The standard InChI is InChI=1S/C18H20N2O3/c1-13(21)17(19)11-12-18(22)20-14-7-9-16(10-8-14)23-15-5-3-2-4-6-15/h2-10,17H,11-12,19H2,1H3,(H,20,22). The van der Waals surface area contributed by atoms with Gasteiger partial charge in [-0.3, -0.25) is 9.59 Å².